The Kier molecular flexibility index (Phi) is 10.3. The van der Waals surface area contributed by atoms with Gasteiger partial charge in [0, 0.05) is 22.6 Å². The first-order valence-electron chi connectivity index (χ1n) is 13.7. The van der Waals surface area contributed by atoms with Gasteiger partial charge in [-0.05, 0) is 80.3 Å². The number of carbonyl (C=O) groups is 2. The predicted octanol–water partition coefficient (Wildman–Crippen LogP) is 6.36. The van der Waals surface area contributed by atoms with E-state index in [0.29, 0.717) is 21.3 Å². The Morgan fingerprint density at radius 2 is 1.49 bits per heavy atom. The molecule has 218 valence electrons. The molecule has 1 aliphatic carbocycles. The Morgan fingerprint density at radius 3 is 2.10 bits per heavy atom. The highest BCUT2D eigenvalue weighted by atomic mass is 35.5. The van der Waals surface area contributed by atoms with Gasteiger partial charge in [0.15, 0.2) is 0 Å². The lowest BCUT2D eigenvalue weighted by atomic mass is 9.95. The molecule has 3 aromatic carbocycles. The topological polar surface area (TPSA) is 86.8 Å². The van der Waals surface area contributed by atoms with Crippen molar-refractivity contribution >= 4 is 50.7 Å². The third-order valence-corrected chi connectivity index (χ3v) is 9.73. The molecule has 1 fully saturated rings. The quantitative estimate of drug-likeness (QED) is 0.287. The minimum Gasteiger partial charge on any atom is -0.352 e. The molecule has 0 saturated heterocycles. The number of hydrogen-bond acceptors (Lipinski definition) is 4. The van der Waals surface area contributed by atoms with Crippen LogP contribution in [0.5, 0.6) is 0 Å². The van der Waals surface area contributed by atoms with Gasteiger partial charge in [-0.15, -0.1) is 0 Å². The van der Waals surface area contributed by atoms with Gasteiger partial charge in [-0.3, -0.25) is 13.9 Å². The number of nitrogens with zero attached hydrogens (tertiary/aromatic N) is 2. The summed E-state index contributed by atoms with van der Waals surface area (Å²) in [5.74, 6) is -0.769. The van der Waals surface area contributed by atoms with Gasteiger partial charge >= 0.3 is 0 Å². The monoisotopic (exact) mass is 615 g/mol. The van der Waals surface area contributed by atoms with E-state index in [1.165, 1.54) is 29.2 Å². The van der Waals surface area contributed by atoms with Gasteiger partial charge in [-0.2, -0.15) is 0 Å². The number of para-hydroxylation sites is 1. The molecule has 0 heterocycles. The molecular formula is C31H35Cl2N3O4S. The van der Waals surface area contributed by atoms with Gasteiger partial charge in [-0.1, -0.05) is 72.8 Å². The molecule has 0 spiro atoms. The summed E-state index contributed by atoms with van der Waals surface area (Å²) in [5, 5.41) is 4.05. The number of anilines is 1. The molecule has 0 bridgehead atoms. The lowest BCUT2D eigenvalue weighted by Crippen LogP contribution is -2.53. The number of benzene rings is 3. The average Bonchev–Trinajstić information content (AvgIpc) is 2.96. The minimum atomic E-state index is -4.16. The lowest BCUT2D eigenvalue weighted by molar-refractivity contribution is -0.139. The van der Waals surface area contributed by atoms with E-state index in [4.69, 9.17) is 23.2 Å². The maximum absolute atomic E-state index is 14.1. The zero-order chi connectivity index (χ0) is 29.6. The smallest absolute Gasteiger partial charge is 0.264 e. The van der Waals surface area contributed by atoms with E-state index in [2.05, 4.69) is 5.32 Å². The van der Waals surface area contributed by atoms with Crippen molar-refractivity contribution in [3.05, 3.63) is 94.0 Å². The fourth-order valence-corrected chi connectivity index (χ4v) is 6.76. The number of nitrogens with one attached hydrogen (secondary N) is 1. The van der Waals surface area contributed by atoms with Crippen LogP contribution < -0.4 is 9.62 Å². The van der Waals surface area contributed by atoms with Gasteiger partial charge in [0.1, 0.15) is 12.6 Å². The molecule has 1 N–H and O–H groups in total. The van der Waals surface area contributed by atoms with Gasteiger partial charge in [-0.25, -0.2) is 8.42 Å². The van der Waals surface area contributed by atoms with Crippen LogP contribution >= 0.6 is 23.2 Å². The van der Waals surface area contributed by atoms with E-state index in [1.807, 2.05) is 0 Å². The summed E-state index contributed by atoms with van der Waals surface area (Å²) in [7, 11) is -4.16. The number of hydrogen-bond donors (Lipinski definition) is 1. The van der Waals surface area contributed by atoms with E-state index in [0.717, 1.165) is 42.0 Å². The summed E-state index contributed by atoms with van der Waals surface area (Å²) in [4.78, 5) is 28.9. The van der Waals surface area contributed by atoms with Crippen LogP contribution in [-0.4, -0.2) is 43.8 Å². The van der Waals surface area contributed by atoms with E-state index in [9.17, 15) is 18.0 Å². The highest BCUT2D eigenvalue weighted by molar-refractivity contribution is 7.92. The van der Waals surface area contributed by atoms with Crippen LogP contribution in [0.4, 0.5) is 5.69 Å². The van der Waals surface area contributed by atoms with Crippen LogP contribution in [0.15, 0.2) is 77.7 Å². The number of rotatable bonds is 10. The van der Waals surface area contributed by atoms with E-state index in [-0.39, 0.29) is 23.4 Å². The Labute approximate surface area is 252 Å². The lowest BCUT2D eigenvalue weighted by Gasteiger charge is -2.33. The second-order valence-corrected chi connectivity index (χ2v) is 13.2. The van der Waals surface area contributed by atoms with Gasteiger partial charge < -0.3 is 10.2 Å². The van der Waals surface area contributed by atoms with Crippen molar-refractivity contribution in [1.29, 1.82) is 0 Å². The molecule has 0 aliphatic heterocycles. The molecule has 41 heavy (non-hydrogen) atoms. The molecule has 1 aliphatic rings. The Morgan fingerprint density at radius 1 is 0.902 bits per heavy atom. The fraction of sp³-hybridized carbons (Fsp3) is 0.355. The largest absolute Gasteiger partial charge is 0.352 e. The van der Waals surface area contributed by atoms with E-state index < -0.39 is 28.5 Å². The molecule has 3 aromatic rings. The summed E-state index contributed by atoms with van der Waals surface area (Å²) in [5.41, 5.74) is 1.83. The van der Waals surface area contributed by atoms with Crippen molar-refractivity contribution < 1.29 is 18.0 Å². The van der Waals surface area contributed by atoms with Crippen molar-refractivity contribution in [1.82, 2.24) is 10.2 Å². The first kappa shape index (κ1) is 30.9. The Balaban J connectivity index is 1.68. The molecular weight excluding hydrogens is 581 g/mol. The molecule has 4 rings (SSSR count). The first-order valence-corrected chi connectivity index (χ1v) is 15.9. The van der Waals surface area contributed by atoms with Crippen molar-refractivity contribution in [3.8, 4) is 0 Å². The number of aryl methyl sites for hydroxylation is 1. The molecule has 0 unspecified atom stereocenters. The summed E-state index contributed by atoms with van der Waals surface area (Å²) < 4.78 is 29.0. The number of sulfonamides is 1. The molecule has 10 heteroatoms. The maximum Gasteiger partial charge on any atom is 0.264 e. The van der Waals surface area contributed by atoms with Gasteiger partial charge in [0.05, 0.1) is 10.6 Å². The molecule has 7 nitrogen and oxygen atoms in total. The molecule has 1 saturated carbocycles. The SMILES string of the molecule is Cc1ccccc1N(CC(=O)N(Cc1ccc(Cl)cc1)[C@@H](C)C(=O)NC1CCCCC1)S(=O)(=O)c1ccc(Cl)cc1. The second kappa shape index (κ2) is 13.7. The zero-order valence-electron chi connectivity index (χ0n) is 23.2. The van der Waals surface area contributed by atoms with E-state index >= 15 is 0 Å². The van der Waals surface area contributed by atoms with Crippen LogP contribution in [0.25, 0.3) is 0 Å². The third-order valence-electron chi connectivity index (χ3n) is 7.45. The zero-order valence-corrected chi connectivity index (χ0v) is 25.6. The third kappa shape index (κ3) is 7.82. The Hall–Kier alpha value is -3.07. The number of halogens is 2. The van der Waals surface area contributed by atoms with Gasteiger partial charge in [0.2, 0.25) is 11.8 Å². The fourth-order valence-electron chi connectivity index (χ4n) is 5.03. The predicted molar refractivity (Wildman–Crippen MR) is 164 cm³/mol. The molecule has 0 radical (unpaired) electrons. The average molecular weight is 617 g/mol. The van der Waals surface area contributed by atoms with Crippen LogP contribution in [0.2, 0.25) is 10.0 Å². The molecule has 0 aromatic heterocycles. The second-order valence-electron chi connectivity index (χ2n) is 10.4. The minimum absolute atomic E-state index is 0.00490. The van der Waals surface area contributed by atoms with Crippen molar-refractivity contribution in [2.75, 3.05) is 10.8 Å². The standard InChI is InChI=1S/C31H35Cl2N3O4S/c1-22-8-6-7-11-29(22)36(41(39,40)28-18-16-26(33)17-19-28)21-30(37)35(20-24-12-14-25(32)15-13-24)23(2)31(38)34-27-9-4-3-5-10-27/h6-8,11-19,23,27H,3-5,9-10,20-21H2,1-2H3,(H,34,38)/t23-/m0/s1. The maximum atomic E-state index is 14.1. The highest BCUT2D eigenvalue weighted by Gasteiger charge is 2.33. The normalized spacial score (nSPS) is 14.7. The van der Waals surface area contributed by atoms with Crippen molar-refractivity contribution in [2.24, 2.45) is 0 Å². The van der Waals surface area contributed by atoms with Crippen molar-refractivity contribution in [2.45, 2.75) is 69.5 Å². The summed E-state index contributed by atoms with van der Waals surface area (Å²) in [6.45, 7) is 3.08. The summed E-state index contributed by atoms with van der Waals surface area (Å²) >= 11 is 12.1. The highest BCUT2D eigenvalue weighted by Crippen LogP contribution is 2.28. The van der Waals surface area contributed by atoms with Gasteiger partial charge in [0.25, 0.3) is 10.0 Å². The van der Waals surface area contributed by atoms with Crippen molar-refractivity contribution in [3.63, 3.8) is 0 Å². The van der Waals surface area contributed by atoms with Crippen LogP contribution in [0.1, 0.15) is 50.2 Å². The number of carbonyl (C=O) groups excluding carboxylic acids is 2. The number of amides is 2. The molecule has 1 atom stereocenters. The van der Waals surface area contributed by atoms with Crippen LogP contribution in [0, 0.1) is 6.92 Å². The summed E-state index contributed by atoms with van der Waals surface area (Å²) in [6, 6.07) is 19.1. The summed E-state index contributed by atoms with van der Waals surface area (Å²) in [6.07, 6.45) is 5.08. The van der Waals surface area contributed by atoms with Crippen LogP contribution in [0.3, 0.4) is 0 Å². The van der Waals surface area contributed by atoms with E-state index in [1.54, 1.807) is 62.4 Å². The van der Waals surface area contributed by atoms with Crippen LogP contribution in [-0.2, 0) is 26.2 Å². The Bertz CT molecular complexity index is 1460. The molecule has 2 amide bonds. The first-order chi connectivity index (χ1) is 19.6.